The molecule has 6 heteroatoms. The SMILES string of the molecule is CC(C)c1nc(N)cc(Sc2nccs2)n1. The fourth-order valence-electron chi connectivity index (χ4n) is 1.12. The third kappa shape index (κ3) is 2.70. The van der Waals surface area contributed by atoms with Crippen LogP contribution in [0, 0.1) is 0 Å². The zero-order valence-electron chi connectivity index (χ0n) is 9.04. The molecule has 0 aliphatic rings. The fourth-order valence-corrected chi connectivity index (χ4v) is 2.71. The first kappa shape index (κ1) is 11.3. The molecule has 2 aromatic rings. The van der Waals surface area contributed by atoms with Gasteiger partial charge in [-0.3, -0.25) is 0 Å². The lowest BCUT2D eigenvalue weighted by Crippen LogP contribution is -2.02. The summed E-state index contributed by atoms with van der Waals surface area (Å²) >= 11 is 3.10. The van der Waals surface area contributed by atoms with Crippen LogP contribution in [0.4, 0.5) is 5.82 Å². The molecule has 2 rings (SSSR count). The molecule has 2 aromatic heterocycles. The van der Waals surface area contributed by atoms with Crippen LogP contribution < -0.4 is 5.73 Å². The Balaban J connectivity index is 2.27. The summed E-state index contributed by atoms with van der Waals surface area (Å²) in [5, 5.41) is 2.79. The molecular formula is C10H12N4S2. The maximum atomic E-state index is 5.74. The second kappa shape index (κ2) is 4.80. The van der Waals surface area contributed by atoms with E-state index < -0.39 is 0 Å². The zero-order chi connectivity index (χ0) is 11.5. The number of rotatable bonds is 3. The lowest BCUT2D eigenvalue weighted by molar-refractivity contribution is 0.756. The van der Waals surface area contributed by atoms with Gasteiger partial charge in [0, 0.05) is 23.6 Å². The predicted molar refractivity (Wildman–Crippen MR) is 66.8 cm³/mol. The van der Waals surface area contributed by atoms with Crippen LogP contribution in [-0.2, 0) is 0 Å². The Hall–Kier alpha value is -1.14. The lowest BCUT2D eigenvalue weighted by Gasteiger charge is -2.06. The summed E-state index contributed by atoms with van der Waals surface area (Å²) in [6.45, 7) is 4.10. The molecule has 2 heterocycles. The van der Waals surface area contributed by atoms with Gasteiger partial charge in [-0.25, -0.2) is 15.0 Å². The van der Waals surface area contributed by atoms with Crippen molar-refractivity contribution in [2.75, 3.05) is 5.73 Å². The van der Waals surface area contributed by atoms with Crippen LogP contribution in [0.3, 0.4) is 0 Å². The van der Waals surface area contributed by atoms with E-state index in [2.05, 4.69) is 15.0 Å². The Morgan fingerprint density at radius 1 is 1.38 bits per heavy atom. The highest BCUT2D eigenvalue weighted by Gasteiger charge is 2.08. The molecule has 0 aromatic carbocycles. The number of hydrogen-bond donors (Lipinski definition) is 1. The quantitative estimate of drug-likeness (QED) is 0.851. The van der Waals surface area contributed by atoms with E-state index in [1.54, 1.807) is 23.6 Å². The molecule has 2 N–H and O–H groups in total. The molecule has 0 aliphatic heterocycles. The van der Waals surface area contributed by atoms with Crippen molar-refractivity contribution in [3.05, 3.63) is 23.5 Å². The van der Waals surface area contributed by atoms with Gasteiger partial charge in [-0.2, -0.15) is 0 Å². The van der Waals surface area contributed by atoms with Crippen LogP contribution in [0.15, 0.2) is 27.0 Å². The topological polar surface area (TPSA) is 64.7 Å². The van der Waals surface area contributed by atoms with E-state index in [-0.39, 0.29) is 5.92 Å². The smallest absolute Gasteiger partial charge is 0.156 e. The van der Waals surface area contributed by atoms with Crippen LogP contribution in [-0.4, -0.2) is 15.0 Å². The summed E-state index contributed by atoms with van der Waals surface area (Å²) in [4.78, 5) is 12.8. The number of nitrogen functional groups attached to an aromatic ring is 1. The Morgan fingerprint density at radius 2 is 2.19 bits per heavy atom. The molecule has 84 valence electrons. The molecule has 0 aliphatic carbocycles. The number of nitrogens with zero attached hydrogens (tertiary/aromatic N) is 3. The maximum absolute atomic E-state index is 5.74. The minimum Gasteiger partial charge on any atom is -0.384 e. The highest BCUT2D eigenvalue weighted by molar-refractivity contribution is 8.01. The van der Waals surface area contributed by atoms with Gasteiger partial charge in [0.1, 0.15) is 16.7 Å². The van der Waals surface area contributed by atoms with Gasteiger partial charge in [-0.05, 0) is 11.8 Å². The molecule has 0 saturated carbocycles. The van der Waals surface area contributed by atoms with Crippen LogP contribution in [0.5, 0.6) is 0 Å². The number of aromatic nitrogens is 3. The largest absolute Gasteiger partial charge is 0.384 e. The van der Waals surface area contributed by atoms with Crippen molar-refractivity contribution in [3.63, 3.8) is 0 Å². The molecule has 0 atom stereocenters. The molecule has 16 heavy (non-hydrogen) atoms. The van der Waals surface area contributed by atoms with Crippen LogP contribution in [0.2, 0.25) is 0 Å². The van der Waals surface area contributed by atoms with Gasteiger partial charge in [0.2, 0.25) is 0 Å². The Labute approximate surface area is 102 Å². The Bertz CT molecular complexity index is 468. The fraction of sp³-hybridized carbons (Fsp3) is 0.300. The molecule has 4 nitrogen and oxygen atoms in total. The molecule has 0 saturated heterocycles. The molecule has 0 spiro atoms. The van der Waals surface area contributed by atoms with Crippen LogP contribution >= 0.6 is 23.1 Å². The van der Waals surface area contributed by atoms with E-state index in [0.29, 0.717) is 5.82 Å². The average Bonchev–Trinajstić information content (AvgIpc) is 2.69. The van der Waals surface area contributed by atoms with Gasteiger partial charge >= 0.3 is 0 Å². The van der Waals surface area contributed by atoms with E-state index in [9.17, 15) is 0 Å². The summed E-state index contributed by atoms with van der Waals surface area (Å²) < 4.78 is 0.966. The molecule has 0 bridgehead atoms. The van der Waals surface area contributed by atoms with Crippen molar-refractivity contribution >= 4 is 28.9 Å². The third-order valence-corrected chi connectivity index (χ3v) is 3.66. The number of thiazole rings is 1. The highest BCUT2D eigenvalue weighted by Crippen LogP contribution is 2.29. The first-order chi connectivity index (χ1) is 7.65. The minimum atomic E-state index is 0.277. The normalized spacial score (nSPS) is 10.9. The Kier molecular flexibility index (Phi) is 3.40. The molecule has 0 radical (unpaired) electrons. The van der Waals surface area contributed by atoms with Gasteiger partial charge in [-0.1, -0.05) is 13.8 Å². The minimum absolute atomic E-state index is 0.277. The molecule has 0 amide bonds. The second-order valence-electron chi connectivity index (χ2n) is 3.54. The lowest BCUT2D eigenvalue weighted by atomic mass is 10.2. The summed E-state index contributed by atoms with van der Waals surface area (Å²) in [6, 6.07) is 1.78. The monoisotopic (exact) mass is 252 g/mol. The van der Waals surface area contributed by atoms with Gasteiger partial charge in [-0.15, -0.1) is 11.3 Å². The van der Waals surface area contributed by atoms with E-state index in [0.717, 1.165) is 15.2 Å². The maximum Gasteiger partial charge on any atom is 0.156 e. The van der Waals surface area contributed by atoms with E-state index >= 15 is 0 Å². The summed E-state index contributed by atoms with van der Waals surface area (Å²) in [6.07, 6.45) is 1.78. The van der Waals surface area contributed by atoms with E-state index in [1.165, 1.54) is 11.8 Å². The second-order valence-corrected chi connectivity index (χ2v) is 5.71. The Morgan fingerprint density at radius 3 is 2.81 bits per heavy atom. The van der Waals surface area contributed by atoms with Crippen molar-refractivity contribution in [1.82, 2.24) is 15.0 Å². The average molecular weight is 252 g/mol. The van der Waals surface area contributed by atoms with Crippen LogP contribution in [0.25, 0.3) is 0 Å². The molecule has 0 unspecified atom stereocenters. The van der Waals surface area contributed by atoms with E-state index in [1.807, 2.05) is 19.2 Å². The molecule has 0 fully saturated rings. The van der Waals surface area contributed by atoms with Crippen molar-refractivity contribution in [2.45, 2.75) is 29.1 Å². The first-order valence-electron chi connectivity index (χ1n) is 4.87. The van der Waals surface area contributed by atoms with Gasteiger partial charge in [0.25, 0.3) is 0 Å². The first-order valence-corrected chi connectivity index (χ1v) is 6.56. The van der Waals surface area contributed by atoms with Gasteiger partial charge in [0.15, 0.2) is 4.34 Å². The summed E-state index contributed by atoms with van der Waals surface area (Å²) in [7, 11) is 0. The van der Waals surface area contributed by atoms with Gasteiger partial charge in [0.05, 0.1) is 0 Å². The van der Waals surface area contributed by atoms with Crippen molar-refractivity contribution in [3.8, 4) is 0 Å². The number of anilines is 1. The van der Waals surface area contributed by atoms with E-state index in [4.69, 9.17) is 5.73 Å². The summed E-state index contributed by atoms with van der Waals surface area (Å²) in [5.74, 6) is 1.57. The zero-order valence-corrected chi connectivity index (χ0v) is 10.7. The highest BCUT2D eigenvalue weighted by atomic mass is 32.2. The van der Waals surface area contributed by atoms with Crippen molar-refractivity contribution in [2.24, 2.45) is 0 Å². The predicted octanol–water partition coefficient (Wildman–Crippen LogP) is 2.79. The summed E-state index contributed by atoms with van der Waals surface area (Å²) in [5.41, 5.74) is 5.74. The number of hydrogen-bond acceptors (Lipinski definition) is 6. The van der Waals surface area contributed by atoms with Gasteiger partial charge < -0.3 is 5.73 Å². The molecular weight excluding hydrogens is 240 g/mol. The standard InChI is InChI=1S/C10H12N4S2/c1-6(2)9-13-7(11)5-8(14-9)16-10-12-3-4-15-10/h3-6H,1-2H3,(H2,11,13,14). The third-order valence-electron chi connectivity index (χ3n) is 1.86. The van der Waals surface area contributed by atoms with Crippen molar-refractivity contribution in [1.29, 1.82) is 0 Å². The van der Waals surface area contributed by atoms with Crippen molar-refractivity contribution < 1.29 is 0 Å². The van der Waals surface area contributed by atoms with Crippen LogP contribution in [0.1, 0.15) is 25.6 Å². The number of nitrogens with two attached hydrogens (primary N) is 1.